The van der Waals surface area contributed by atoms with Gasteiger partial charge in [0.05, 0.1) is 12.2 Å². The molecule has 0 aromatic carbocycles. The fourth-order valence-electron chi connectivity index (χ4n) is 1.34. The quantitative estimate of drug-likeness (QED) is 0.492. The Morgan fingerprint density at radius 3 is 2.50 bits per heavy atom. The Kier molecular flexibility index (Phi) is 2.73. The van der Waals surface area contributed by atoms with Crippen molar-refractivity contribution in [3.05, 3.63) is 0 Å². The van der Waals surface area contributed by atoms with Crippen LogP contribution in [-0.2, 0) is 4.74 Å². The van der Waals surface area contributed by atoms with Gasteiger partial charge in [0.1, 0.15) is 18.3 Å². The second kappa shape index (κ2) is 3.30. The first-order valence-electron chi connectivity index (χ1n) is 4.19. The number of ether oxygens (including phenoxy) is 1. The van der Waals surface area contributed by atoms with Gasteiger partial charge in [0, 0.05) is 0 Å². The smallest absolute Gasteiger partial charge is 0.111 e. The summed E-state index contributed by atoms with van der Waals surface area (Å²) in [6, 6.07) is 0. The molecule has 1 saturated heterocycles. The van der Waals surface area contributed by atoms with Crippen LogP contribution in [0.2, 0.25) is 0 Å². The minimum absolute atomic E-state index is 0.0859. The van der Waals surface area contributed by atoms with E-state index in [0.29, 0.717) is 6.42 Å². The van der Waals surface area contributed by atoms with Crippen molar-refractivity contribution in [3.63, 3.8) is 0 Å². The standard InChI is InChI=1S/C8H16O4/c1-3-8(2)7(11)6(10)5(9)4-12-8/h5-7,9-11H,3-4H2,1-2H3/t5-,6+,7?,8?/m1/s1. The topological polar surface area (TPSA) is 69.9 Å². The molecule has 0 bridgehead atoms. The fraction of sp³-hybridized carbons (Fsp3) is 1.00. The SMILES string of the molecule is CCC1(C)OC[C@@H](O)[C@H](O)C1O. The van der Waals surface area contributed by atoms with Crippen LogP contribution in [0.5, 0.6) is 0 Å². The number of hydrogen-bond acceptors (Lipinski definition) is 4. The summed E-state index contributed by atoms with van der Waals surface area (Å²) < 4.78 is 5.25. The van der Waals surface area contributed by atoms with Gasteiger partial charge < -0.3 is 20.1 Å². The van der Waals surface area contributed by atoms with E-state index in [1.165, 1.54) is 0 Å². The number of hydrogen-bond donors (Lipinski definition) is 3. The van der Waals surface area contributed by atoms with E-state index in [1.54, 1.807) is 6.92 Å². The molecule has 3 N–H and O–H groups in total. The van der Waals surface area contributed by atoms with Crippen LogP contribution in [0.1, 0.15) is 20.3 Å². The molecule has 0 aromatic rings. The Labute approximate surface area is 71.8 Å². The largest absolute Gasteiger partial charge is 0.388 e. The van der Waals surface area contributed by atoms with Crippen molar-refractivity contribution < 1.29 is 20.1 Å². The minimum atomic E-state index is -1.09. The summed E-state index contributed by atoms with van der Waals surface area (Å²) in [4.78, 5) is 0. The van der Waals surface area contributed by atoms with Gasteiger partial charge in [0.15, 0.2) is 0 Å². The van der Waals surface area contributed by atoms with Gasteiger partial charge in [-0.1, -0.05) is 6.92 Å². The maximum Gasteiger partial charge on any atom is 0.111 e. The zero-order valence-corrected chi connectivity index (χ0v) is 7.40. The Morgan fingerprint density at radius 1 is 1.42 bits per heavy atom. The van der Waals surface area contributed by atoms with Crippen molar-refractivity contribution in [2.75, 3.05) is 6.61 Å². The normalized spacial score (nSPS) is 49.2. The molecule has 0 saturated carbocycles. The van der Waals surface area contributed by atoms with Gasteiger partial charge in [-0.05, 0) is 13.3 Å². The molecule has 72 valence electrons. The van der Waals surface area contributed by atoms with E-state index >= 15 is 0 Å². The molecule has 0 spiro atoms. The Hall–Kier alpha value is -0.160. The molecule has 0 aromatic heterocycles. The molecule has 12 heavy (non-hydrogen) atoms. The summed E-state index contributed by atoms with van der Waals surface area (Å²) >= 11 is 0. The maximum atomic E-state index is 9.53. The van der Waals surface area contributed by atoms with Crippen LogP contribution < -0.4 is 0 Å². The highest BCUT2D eigenvalue weighted by Gasteiger charge is 2.44. The summed E-state index contributed by atoms with van der Waals surface area (Å²) in [5.41, 5.74) is -0.724. The van der Waals surface area contributed by atoms with Crippen LogP contribution in [0.25, 0.3) is 0 Å². The van der Waals surface area contributed by atoms with E-state index in [1.807, 2.05) is 6.92 Å². The number of rotatable bonds is 1. The predicted octanol–water partition coefficient (Wildman–Crippen LogP) is -0.732. The zero-order chi connectivity index (χ0) is 9.35. The zero-order valence-electron chi connectivity index (χ0n) is 7.40. The third-order valence-electron chi connectivity index (χ3n) is 2.63. The second-order valence-corrected chi connectivity index (χ2v) is 3.48. The van der Waals surface area contributed by atoms with Gasteiger partial charge in [-0.2, -0.15) is 0 Å². The lowest BCUT2D eigenvalue weighted by Gasteiger charge is -2.42. The summed E-state index contributed by atoms with van der Waals surface area (Å²) in [5.74, 6) is 0. The summed E-state index contributed by atoms with van der Waals surface area (Å²) in [5, 5.41) is 28.0. The van der Waals surface area contributed by atoms with E-state index in [2.05, 4.69) is 0 Å². The molecule has 0 aliphatic carbocycles. The first kappa shape index (κ1) is 9.92. The van der Waals surface area contributed by atoms with Crippen molar-refractivity contribution in [1.82, 2.24) is 0 Å². The van der Waals surface area contributed by atoms with Gasteiger partial charge in [0.25, 0.3) is 0 Å². The van der Waals surface area contributed by atoms with E-state index in [9.17, 15) is 10.2 Å². The molecule has 1 fully saturated rings. The fourth-order valence-corrected chi connectivity index (χ4v) is 1.34. The molecule has 1 aliphatic heterocycles. The van der Waals surface area contributed by atoms with E-state index in [-0.39, 0.29) is 6.61 Å². The van der Waals surface area contributed by atoms with Gasteiger partial charge in [-0.3, -0.25) is 0 Å². The van der Waals surface area contributed by atoms with Crippen molar-refractivity contribution in [2.24, 2.45) is 0 Å². The highest BCUT2D eigenvalue weighted by molar-refractivity contribution is 4.94. The van der Waals surface area contributed by atoms with Crippen LogP contribution in [0.15, 0.2) is 0 Å². The van der Waals surface area contributed by atoms with Gasteiger partial charge in [-0.15, -0.1) is 0 Å². The molecular formula is C8H16O4. The minimum Gasteiger partial charge on any atom is -0.388 e. The van der Waals surface area contributed by atoms with Crippen molar-refractivity contribution in [3.8, 4) is 0 Å². The molecule has 4 nitrogen and oxygen atoms in total. The lowest BCUT2D eigenvalue weighted by Crippen LogP contribution is -2.59. The lowest BCUT2D eigenvalue weighted by atomic mass is 9.87. The highest BCUT2D eigenvalue weighted by Crippen LogP contribution is 2.28. The van der Waals surface area contributed by atoms with Crippen LogP contribution in [-0.4, -0.2) is 45.8 Å². The first-order chi connectivity index (χ1) is 5.51. The van der Waals surface area contributed by atoms with E-state index < -0.39 is 23.9 Å². The van der Waals surface area contributed by atoms with E-state index in [4.69, 9.17) is 9.84 Å². The van der Waals surface area contributed by atoms with E-state index in [0.717, 1.165) is 0 Å². The molecule has 1 rings (SSSR count). The Morgan fingerprint density at radius 2 is 2.00 bits per heavy atom. The number of aliphatic hydroxyl groups excluding tert-OH is 3. The summed E-state index contributed by atoms with van der Waals surface area (Å²) in [6.07, 6.45) is -2.47. The van der Waals surface area contributed by atoms with Crippen LogP contribution in [0, 0.1) is 0 Å². The van der Waals surface area contributed by atoms with Gasteiger partial charge >= 0.3 is 0 Å². The maximum absolute atomic E-state index is 9.53. The highest BCUT2D eigenvalue weighted by atomic mass is 16.5. The van der Waals surface area contributed by atoms with Crippen molar-refractivity contribution in [2.45, 2.75) is 44.2 Å². The van der Waals surface area contributed by atoms with Gasteiger partial charge in [0.2, 0.25) is 0 Å². The molecule has 1 heterocycles. The Balaban J connectivity index is 2.71. The van der Waals surface area contributed by atoms with Crippen LogP contribution >= 0.6 is 0 Å². The molecule has 2 unspecified atom stereocenters. The predicted molar refractivity (Wildman–Crippen MR) is 42.7 cm³/mol. The molecular weight excluding hydrogens is 160 g/mol. The van der Waals surface area contributed by atoms with Crippen molar-refractivity contribution >= 4 is 0 Å². The average Bonchev–Trinajstić information content (AvgIpc) is 2.09. The molecule has 1 aliphatic rings. The lowest BCUT2D eigenvalue weighted by molar-refractivity contribution is -0.230. The monoisotopic (exact) mass is 176 g/mol. The molecule has 4 atom stereocenters. The molecule has 0 amide bonds. The van der Waals surface area contributed by atoms with Gasteiger partial charge in [-0.25, -0.2) is 0 Å². The molecule has 0 radical (unpaired) electrons. The number of aliphatic hydroxyl groups is 3. The van der Waals surface area contributed by atoms with Crippen LogP contribution in [0.4, 0.5) is 0 Å². The first-order valence-corrected chi connectivity index (χ1v) is 4.19. The Bertz CT molecular complexity index is 161. The summed E-state index contributed by atoms with van der Waals surface area (Å²) in [7, 11) is 0. The average molecular weight is 176 g/mol. The summed E-state index contributed by atoms with van der Waals surface area (Å²) in [6.45, 7) is 3.68. The van der Waals surface area contributed by atoms with Crippen molar-refractivity contribution in [1.29, 1.82) is 0 Å². The molecule has 4 heteroatoms. The second-order valence-electron chi connectivity index (χ2n) is 3.48. The third-order valence-corrected chi connectivity index (χ3v) is 2.63. The van der Waals surface area contributed by atoms with Crippen LogP contribution in [0.3, 0.4) is 0 Å². The third kappa shape index (κ3) is 1.47.